The Morgan fingerprint density at radius 1 is 1.11 bits per heavy atom. The second-order valence-corrected chi connectivity index (χ2v) is 8.76. The van der Waals surface area contributed by atoms with Gasteiger partial charge in [-0.1, -0.05) is 55.2 Å². The van der Waals surface area contributed by atoms with Crippen LogP contribution in [0.15, 0.2) is 42.5 Å². The molecule has 1 N–H and O–H groups in total. The normalized spacial score (nSPS) is 12.5. The number of benzene rings is 2. The second kappa shape index (κ2) is 8.95. The minimum Gasteiger partial charge on any atom is -0.324 e. The molecule has 0 saturated carbocycles. The first-order valence-electron chi connectivity index (χ1n) is 8.52. The number of nitrogens with one attached hydrogen (secondary N) is 1. The monoisotopic (exact) mass is 428 g/mol. The molecule has 0 fully saturated rings. The molecule has 0 heterocycles. The van der Waals surface area contributed by atoms with Gasteiger partial charge in [-0.05, 0) is 42.7 Å². The lowest BCUT2D eigenvalue weighted by Gasteiger charge is -2.30. The molecule has 2 rings (SSSR count). The average molecular weight is 429 g/mol. The fourth-order valence-corrected chi connectivity index (χ4v) is 4.34. The van der Waals surface area contributed by atoms with Crippen LogP contribution in [0.3, 0.4) is 0 Å². The molecule has 0 spiro atoms. The van der Waals surface area contributed by atoms with Gasteiger partial charge in [0.2, 0.25) is 15.9 Å². The van der Waals surface area contributed by atoms with Crippen molar-refractivity contribution in [3.8, 4) is 0 Å². The van der Waals surface area contributed by atoms with Crippen molar-refractivity contribution in [1.29, 1.82) is 0 Å². The Morgan fingerprint density at radius 2 is 1.78 bits per heavy atom. The molecular formula is C19H22Cl2N2O3S. The van der Waals surface area contributed by atoms with E-state index in [4.69, 9.17) is 23.2 Å². The van der Waals surface area contributed by atoms with Crippen molar-refractivity contribution < 1.29 is 13.2 Å². The molecular weight excluding hydrogens is 407 g/mol. The summed E-state index contributed by atoms with van der Waals surface area (Å²) < 4.78 is 26.0. The molecule has 0 bridgehead atoms. The molecule has 8 heteroatoms. The molecule has 0 aliphatic heterocycles. The summed E-state index contributed by atoms with van der Waals surface area (Å²) in [6.45, 7) is 3.74. The van der Waals surface area contributed by atoms with Gasteiger partial charge in [0.25, 0.3) is 0 Å². The fourth-order valence-electron chi connectivity index (χ4n) is 2.85. The van der Waals surface area contributed by atoms with Crippen LogP contribution in [0.4, 0.5) is 11.4 Å². The summed E-state index contributed by atoms with van der Waals surface area (Å²) in [5.74, 6) is -0.408. The molecule has 2 aromatic rings. The molecule has 1 atom stereocenters. The largest absolute Gasteiger partial charge is 0.324 e. The summed E-state index contributed by atoms with van der Waals surface area (Å²) in [5.41, 5.74) is 1.94. The smallest absolute Gasteiger partial charge is 0.248 e. The first-order chi connectivity index (χ1) is 12.7. The van der Waals surface area contributed by atoms with Gasteiger partial charge >= 0.3 is 0 Å². The summed E-state index contributed by atoms with van der Waals surface area (Å²) in [5, 5.41) is 3.38. The van der Waals surface area contributed by atoms with E-state index >= 15 is 0 Å². The van der Waals surface area contributed by atoms with Crippen LogP contribution in [0.2, 0.25) is 10.0 Å². The van der Waals surface area contributed by atoms with Crippen molar-refractivity contribution in [2.75, 3.05) is 15.9 Å². The topological polar surface area (TPSA) is 66.5 Å². The van der Waals surface area contributed by atoms with Crippen molar-refractivity contribution in [2.45, 2.75) is 32.7 Å². The number of carbonyl (C=O) groups excluding carboxylic acids is 1. The highest BCUT2D eigenvalue weighted by molar-refractivity contribution is 7.92. The Labute approximate surface area is 170 Å². The quantitative estimate of drug-likeness (QED) is 0.692. The zero-order valence-electron chi connectivity index (χ0n) is 15.4. The van der Waals surface area contributed by atoms with Crippen LogP contribution >= 0.6 is 23.2 Å². The van der Waals surface area contributed by atoms with E-state index in [0.717, 1.165) is 22.5 Å². The lowest BCUT2D eigenvalue weighted by atomic mass is 10.1. The molecule has 5 nitrogen and oxygen atoms in total. The maximum absolute atomic E-state index is 12.9. The summed E-state index contributed by atoms with van der Waals surface area (Å²) in [6.07, 6.45) is 2.09. The fraction of sp³-hybridized carbons (Fsp3) is 0.316. The highest BCUT2D eigenvalue weighted by Gasteiger charge is 2.32. The SMILES string of the molecule is CCc1ccccc1NC(=O)[C@H](CC)N(c1ccc(Cl)c(Cl)c1)S(C)(=O)=O. The van der Waals surface area contributed by atoms with Crippen molar-refractivity contribution >= 4 is 50.5 Å². The summed E-state index contributed by atoms with van der Waals surface area (Å²) in [4.78, 5) is 12.9. The summed E-state index contributed by atoms with van der Waals surface area (Å²) >= 11 is 12.0. The van der Waals surface area contributed by atoms with E-state index in [-0.39, 0.29) is 17.1 Å². The standard InChI is InChI=1S/C19H22Cl2N2O3S/c1-4-13-8-6-7-9-17(13)22-19(24)18(5-2)23(27(3,25)26)14-10-11-15(20)16(21)12-14/h6-12,18H,4-5H2,1-3H3,(H,22,24)/t18-/m0/s1. The Kier molecular flexibility index (Phi) is 7.14. The number of aryl methyl sites for hydroxylation is 1. The van der Waals surface area contributed by atoms with Gasteiger partial charge in [-0.25, -0.2) is 8.42 Å². The van der Waals surface area contributed by atoms with Gasteiger partial charge in [0.05, 0.1) is 22.0 Å². The van der Waals surface area contributed by atoms with E-state index in [1.165, 1.54) is 18.2 Å². The first kappa shape index (κ1) is 21.5. The van der Waals surface area contributed by atoms with Gasteiger partial charge in [-0.2, -0.15) is 0 Å². The Bertz CT molecular complexity index is 932. The number of hydrogen-bond donors (Lipinski definition) is 1. The highest BCUT2D eigenvalue weighted by Crippen LogP contribution is 2.30. The Hall–Kier alpha value is -1.76. The average Bonchev–Trinajstić information content (AvgIpc) is 2.61. The van der Waals surface area contributed by atoms with E-state index in [1.807, 2.05) is 25.1 Å². The number of anilines is 2. The zero-order chi connectivity index (χ0) is 20.2. The second-order valence-electron chi connectivity index (χ2n) is 6.08. The zero-order valence-corrected chi connectivity index (χ0v) is 17.7. The Morgan fingerprint density at radius 3 is 2.33 bits per heavy atom. The van der Waals surface area contributed by atoms with Crippen LogP contribution < -0.4 is 9.62 Å². The summed E-state index contributed by atoms with van der Waals surface area (Å²) in [7, 11) is -3.74. The van der Waals surface area contributed by atoms with E-state index < -0.39 is 22.0 Å². The van der Waals surface area contributed by atoms with E-state index in [9.17, 15) is 13.2 Å². The lowest BCUT2D eigenvalue weighted by Crippen LogP contribution is -2.47. The molecule has 0 aliphatic carbocycles. The number of rotatable bonds is 7. The molecule has 0 unspecified atom stereocenters. The van der Waals surface area contributed by atoms with Gasteiger partial charge in [0.1, 0.15) is 6.04 Å². The maximum atomic E-state index is 12.9. The number of carbonyl (C=O) groups is 1. The van der Waals surface area contributed by atoms with E-state index in [0.29, 0.717) is 10.7 Å². The lowest BCUT2D eigenvalue weighted by molar-refractivity contribution is -0.117. The number of hydrogen-bond acceptors (Lipinski definition) is 3. The van der Waals surface area contributed by atoms with Gasteiger partial charge in [-0.15, -0.1) is 0 Å². The van der Waals surface area contributed by atoms with Crippen LogP contribution in [0.1, 0.15) is 25.8 Å². The van der Waals surface area contributed by atoms with Crippen LogP contribution in [0.25, 0.3) is 0 Å². The third kappa shape index (κ3) is 5.15. The minimum absolute atomic E-state index is 0.217. The third-order valence-corrected chi connectivity index (χ3v) is 6.06. The molecule has 2 aromatic carbocycles. The van der Waals surface area contributed by atoms with Gasteiger partial charge in [-0.3, -0.25) is 9.10 Å². The van der Waals surface area contributed by atoms with E-state index in [1.54, 1.807) is 13.0 Å². The molecule has 27 heavy (non-hydrogen) atoms. The van der Waals surface area contributed by atoms with Crippen LogP contribution in [0.5, 0.6) is 0 Å². The molecule has 0 aliphatic rings. The first-order valence-corrected chi connectivity index (χ1v) is 11.1. The Balaban J connectivity index is 2.43. The molecule has 1 amide bonds. The number of sulfonamides is 1. The van der Waals surface area contributed by atoms with Gasteiger partial charge in [0, 0.05) is 5.69 Å². The number of halogens is 2. The van der Waals surface area contributed by atoms with Crippen molar-refractivity contribution in [2.24, 2.45) is 0 Å². The van der Waals surface area contributed by atoms with Crippen LogP contribution in [-0.2, 0) is 21.2 Å². The van der Waals surface area contributed by atoms with E-state index in [2.05, 4.69) is 5.32 Å². The van der Waals surface area contributed by atoms with Crippen molar-refractivity contribution in [1.82, 2.24) is 0 Å². The van der Waals surface area contributed by atoms with Crippen molar-refractivity contribution in [3.63, 3.8) is 0 Å². The van der Waals surface area contributed by atoms with Gasteiger partial charge in [0.15, 0.2) is 0 Å². The number of amides is 1. The molecule has 0 saturated heterocycles. The predicted molar refractivity (Wildman–Crippen MR) is 112 cm³/mol. The summed E-state index contributed by atoms with van der Waals surface area (Å²) in [6, 6.07) is 11.0. The third-order valence-electron chi connectivity index (χ3n) is 4.14. The minimum atomic E-state index is -3.74. The predicted octanol–water partition coefficient (Wildman–Crippen LogP) is 4.74. The molecule has 146 valence electrons. The number of para-hydroxylation sites is 1. The van der Waals surface area contributed by atoms with Crippen LogP contribution in [0, 0.1) is 0 Å². The molecule has 0 radical (unpaired) electrons. The van der Waals surface area contributed by atoms with Crippen LogP contribution in [-0.4, -0.2) is 26.6 Å². The number of nitrogens with zero attached hydrogens (tertiary/aromatic N) is 1. The highest BCUT2D eigenvalue weighted by atomic mass is 35.5. The molecule has 0 aromatic heterocycles. The van der Waals surface area contributed by atoms with Gasteiger partial charge < -0.3 is 5.32 Å². The van der Waals surface area contributed by atoms with Crippen molar-refractivity contribution in [3.05, 3.63) is 58.1 Å². The maximum Gasteiger partial charge on any atom is 0.248 e.